The first kappa shape index (κ1) is 18.1. The van der Waals surface area contributed by atoms with Gasteiger partial charge in [0.25, 0.3) is 0 Å². The average Bonchev–Trinajstić information content (AvgIpc) is 2.35. The standard InChI is InChI=1S/C5H10O5.C5H8O2/c6-1-3(8)5(10)4(9)2-7;1-4(2)5(6)7-3/h1,3-5,7-10H,2H2;1H2,2-3H3. The van der Waals surface area contributed by atoms with Gasteiger partial charge in [-0.1, -0.05) is 6.58 Å². The van der Waals surface area contributed by atoms with Crippen LogP contribution in [0.2, 0.25) is 0 Å². The predicted octanol–water partition coefficient (Wildman–Crippen LogP) is -2.00. The topological polar surface area (TPSA) is 124 Å². The molecule has 0 saturated heterocycles. The zero-order chi connectivity index (χ0) is 14.0. The van der Waals surface area contributed by atoms with E-state index < -0.39 is 24.9 Å². The number of aliphatic hydroxyl groups is 4. The van der Waals surface area contributed by atoms with E-state index in [4.69, 9.17) is 20.4 Å². The maximum atomic E-state index is 10.2. The molecule has 3 atom stereocenters. The molecule has 17 heavy (non-hydrogen) atoms. The molecule has 0 saturated carbocycles. The van der Waals surface area contributed by atoms with Crippen LogP contribution in [0.25, 0.3) is 0 Å². The Labute approximate surface area is 99.0 Å². The minimum absolute atomic E-state index is 0.0869. The summed E-state index contributed by atoms with van der Waals surface area (Å²) in [4.78, 5) is 20.0. The summed E-state index contributed by atoms with van der Waals surface area (Å²) in [5.74, 6) is -0.347. The molecule has 0 aliphatic rings. The van der Waals surface area contributed by atoms with E-state index in [1.807, 2.05) is 0 Å². The number of hydrogen-bond acceptors (Lipinski definition) is 7. The molecule has 0 aliphatic carbocycles. The molecule has 0 radical (unpaired) electrons. The molecule has 0 amide bonds. The Morgan fingerprint density at radius 1 is 1.41 bits per heavy atom. The van der Waals surface area contributed by atoms with E-state index in [-0.39, 0.29) is 12.3 Å². The van der Waals surface area contributed by atoms with Gasteiger partial charge in [-0.15, -0.1) is 0 Å². The summed E-state index contributed by atoms with van der Waals surface area (Å²) in [6, 6.07) is 0. The molecule has 0 heterocycles. The molecule has 100 valence electrons. The van der Waals surface area contributed by atoms with Crippen LogP contribution in [-0.4, -0.2) is 64.7 Å². The Kier molecular flexibility index (Phi) is 10.6. The number of methoxy groups -OCH3 is 1. The molecule has 7 nitrogen and oxygen atoms in total. The second-order valence-electron chi connectivity index (χ2n) is 3.14. The van der Waals surface area contributed by atoms with Crippen molar-refractivity contribution in [2.24, 2.45) is 0 Å². The highest BCUT2D eigenvalue weighted by atomic mass is 16.5. The molecule has 0 spiro atoms. The lowest BCUT2D eigenvalue weighted by Crippen LogP contribution is -2.40. The minimum Gasteiger partial charge on any atom is -0.466 e. The molecular formula is C10H18O7. The van der Waals surface area contributed by atoms with E-state index in [0.29, 0.717) is 5.57 Å². The van der Waals surface area contributed by atoms with Crippen molar-refractivity contribution in [1.82, 2.24) is 0 Å². The van der Waals surface area contributed by atoms with E-state index in [1.165, 1.54) is 7.11 Å². The Hall–Kier alpha value is -1.28. The molecule has 0 rings (SSSR count). The highest BCUT2D eigenvalue weighted by molar-refractivity contribution is 5.86. The van der Waals surface area contributed by atoms with Crippen molar-refractivity contribution >= 4 is 12.3 Å². The number of carbonyl (C=O) groups is 2. The molecule has 3 unspecified atom stereocenters. The monoisotopic (exact) mass is 250 g/mol. The van der Waals surface area contributed by atoms with Crippen molar-refractivity contribution in [1.29, 1.82) is 0 Å². The van der Waals surface area contributed by atoms with Crippen LogP contribution in [0.15, 0.2) is 12.2 Å². The van der Waals surface area contributed by atoms with Crippen molar-refractivity contribution in [3.05, 3.63) is 12.2 Å². The summed E-state index contributed by atoms with van der Waals surface area (Å²) in [5, 5.41) is 34.1. The van der Waals surface area contributed by atoms with Crippen LogP contribution in [0, 0.1) is 0 Å². The Balaban J connectivity index is 0. The van der Waals surface area contributed by atoms with Crippen molar-refractivity contribution in [3.63, 3.8) is 0 Å². The first-order chi connectivity index (χ1) is 7.81. The lowest BCUT2D eigenvalue weighted by atomic mass is 10.1. The minimum atomic E-state index is -1.64. The van der Waals surface area contributed by atoms with Gasteiger partial charge in [-0.05, 0) is 6.92 Å². The fourth-order valence-corrected chi connectivity index (χ4v) is 0.590. The van der Waals surface area contributed by atoms with Gasteiger partial charge >= 0.3 is 5.97 Å². The fourth-order valence-electron chi connectivity index (χ4n) is 0.590. The lowest BCUT2D eigenvalue weighted by molar-refractivity contribution is -0.136. The summed E-state index contributed by atoms with van der Waals surface area (Å²) >= 11 is 0. The zero-order valence-corrected chi connectivity index (χ0v) is 9.74. The molecule has 0 aromatic carbocycles. The summed E-state index contributed by atoms with van der Waals surface area (Å²) in [5.41, 5.74) is 0.433. The maximum absolute atomic E-state index is 10.2. The van der Waals surface area contributed by atoms with Gasteiger partial charge in [0.05, 0.1) is 13.7 Å². The first-order valence-electron chi connectivity index (χ1n) is 4.65. The highest BCUT2D eigenvalue weighted by Gasteiger charge is 2.22. The Bertz CT molecular complexity index is 251. The van der Waals surface area contributed by atoms with Crippen molar-refractivity contribution in [2.75, 3.05) is 13.7 Å². The van der Waals surface area contributed by atoms with Gasteiger partial charge < -0.3 is 30.0 Å². The van der Waals surface area contributed by atoms with Gasteiger partial charge in [0.2, 0.25) is 0 Å². The summed E-state index contributed by atoms with van der Waals surface area (Å²) in [6.07, 6.45) is -4.63. The van der Waals surface area contributed by atoms with Gasteiger partial charge in [0.1, 0.15) is 18.3 Å². The van der Waals surface area contributed by atoms with E-state index >= 15 is 0 Å². The first-order valence-corrected chi connectivity index (χ1v) is 4.65. The maximum Gasteiger partial charge on any atom is 0.332 e. The number of hydrogen-bond donors (Lipinski definition) is 4. The largest absolute Gasteiger partial charge is 0.466 e. The van der Waals surface area contributed by atoms with Crippen molar-refractivity contribution in [2.45, 2.75) is 25.2 Å². The van der Waals surface area contributed by atoms with E-state index in [9.17, 15) is 9.59 Å². The summed E-state index contributed by atoms with van der Waals surface area (Å²) in [6.45, 7) is 4.27. The number of ether oxygens (including phenoxy) is 1. The zero-order valence-electron chi connectivity index (χ0n) is 9.74. The lowest BCUT2D eigenvalue weighted by Gasteiger charge is -2.16. The van der Waals surface area contributed by atoms with Crippen LogP contribution < -0.4 is 0 Å². The van der Waals surface area contributed by atoms with Gasteiger partial charge in [0.15, 0.2) is 6.29 Å². The van der Waals surface area contributed by atoms with Crippen LogP contribution in [0.4, 0.5) is 0 Å². The van der Waals surface area contributed by atoms with Crippen LogP contribution in [0.5, 0.6) is 0 Å². The molecule has 0 fully saturated rings. The molecule has 7 heteroatoms. The van der Waals surface area contributed by atoms with E-state index in [1.54, 1.807) is 6.92 Å². The van der Waals surface area contributed by atoms with Gasteiger partial charge in [0, 0.05) is 5.57 Å². The quantitative estimate of drug-likeness (QED) is 0.252. The predicted molar refractivity (Wildman–Crippen MR) is 58.0 cm³/mol. The molecular weight excluding hydrogens is 232 g/mol. The normalized spacial score (nSPS) is 14.7. The van der Waals surface area contributed by atoms with Crippen LogP contribution >= 0.6 is 0 Å². The highest BCUT2D eigenvalue weighted by Crippen LogP contribution is 1.96. The van der Waals surface area contributed by atoms with Gasteiger partial charge in [-0.3, -0.25) is 0 Å². The van der Waals surface area contributed by atoms with E-state index in [0.717, 1.165) is 0 Å². The molecule has 0 bridgehead atoms. The third kappa shape index (κ3) is 8.52. The van der Waals surface area contributed by atoms with Crippen molar-refractivity contribution < 1.29 is 34.8 Å². The Morgan fingerprint density at radius 3 is 2.06 bits per heavy atom. The molecule has 0 aliphatic heterocycles. The SMILES string of the molecule is C=C(C)C(=O)OC.O=CC(O)C(O)C(O)CO. The third-order valence-corrected chi connectivity index (χ3v) is 1.60. The average molecular weight is 250 g/mol. The number of aliphatic hydroxyl groups excluding tert-OH is 4. The van der Waals surface area contributed by atoms with Gasteiger partial charge in [-0.25, -0.2) is 4.79 Å². The number of carbonyl (C=O) groups excluding carboxylic acids is 2. The molecule has 4 N–H and O–H groups in total. The smallest absolute Gasteiger partial charge is 0.332 e. The Morgan fingerprint density at radius 2 is 1.88 bits per heavy atom. The summed E-state index contributed by atoms with van der Waals surface area (Å²) < 4.78 is 4.27. The number of aldehydes is 1. The van der Waals surface area contributed by atoms with Gasteiger partial charge in [-0.2, -0.15) is 0 Å². The molecule has 0 aromatic rings. The van der Waals surface area contributed by atoms with E-state index in [2.05, 4.69) is 11.3 Å². The van der Waals surface area contributed by atoms with Crippen LogP contribution in [0.3, 0.4) is 0 Å². The second kappa shape index (κ2) is 9.91. The van der Waals surface area contributed by atoms with Crippen LogP contribution in [0.1, 0.15) is 6.92 Å². The fraction of sp³-hybridized carbons (Fsp3) is 0.600. The summed E-state index contributed by atoms with van der Waals surface area (Å²) in [7, 11) is 1.33. The molecule has 0 aromatic heterocycles. The van der Waals surface area contributed by atoms with Crippen LogP contribution in [-0.2, 0) is 14.3 Å². The van der Waals surface area contributed by atoms with Crippen molar-refractivity contribution in [3.8, 4) is 0 Å². The third-order valence-electron chi connectivity index (χ3n) is 1.60. The second-order valence-corrected chi connectivity index (χ2v) is 3.14. The number of rotatable bonds is 5. The number of esters is 1.